The summed E-state index contributed by atoms with van der Waals surface area (Å²) in [6.07, 6.45) is 2.69. The Bertz CT molecular complexity index is 801. The van der Waals surface area contributed by atoms with Crippen LogP contribution in [0.2, 0.25) is 0 Å². The molecule has 0 spiro atoms. The second kappa shape index (κ2) is 5.76. The summed E-state index contributed by atoms with van der Waals surface area (Å²) in [5.74, 6) is -0.783. The first-order valence-electron chi connectivity index (χ1n) is 5.97. The summed E-state index contributed by atoms with van der Waals surface area (Å²) in [7, 11) is -3.48. The van der Waals surface area contributed by atoms with E-state index < -0.39 is 15.7 Å². The number of hydrogen-bond acceptors (Lipinski definition) is 5. The number of aromatic nitrogens is 2. The predicted octanol–water partition coefficient (Wildman–Crippen LogP) is 0.328. The van der Waals surface area contributed by atoms with Crippen LogP contribution in [0.5, 0.6) is 0 Å². The minimum atomic E-state index is -3.48. The largest absolute Gasteiger partial charge is 0.366 e. The van der Waals surface area contributed by atoms with Crippen LogP contribution in [0.25, 0.3) is 0 Å². The number of carbonyl (C=O) groups is 1. The molecule has 108 valence electrons. The summed E-state index contributed by atoms with van der Waals surface area (Å²) < 4.78 is 25.6. The molecule has 0 aliphatic heterocycles. The molecule has 0 aliphatic rings. The Morgan fingerprint density at radius 3 is 2.52 bits per heavy atom. The van der Waals surface area contributed by atoms with E-state index in [2.05, 4.69) is 5.10 Å². The molecule has 0 bridgehead atoms. The first-order chi connectivity index (χ1) is 9.92. The quantitative estimate of drug-likeness (QED) is 0.853. The second-order valence-electron chi connectivity index (χ2n) is 4.31. The summed E-state index contributed by atoms with van der Waals surface area (Å²) in [4.78, 5) is 11.1. The molecule has 0 aliphatic carbocycles. The van der Waals surface area contributed by atoms with Crippen molar-refractivity contribution in [1.82, 2.24) is 9.78 Å². The molecule has 8 heteroatoms. The van der Waals surface area contributed by atoms with E-state index in [0.29, 0.717) is 5.56 Å². The Hall–Kier alpha value is -2.66. The van der Waals surface area contributed by atoms with Crippen LogP contribution < -0.4 is 5.73 Å². The van der Waals surface area contributed by atoms with Crippen LogP contribution in [0, 0.1) is 11.3 Å². The minimum Gasteiger partial charge on any atom is -0.366 e. The molecule has 1 heterocycles. The fourth-order valence-corrected chi connectivity index (χ4v) is 2.90. The van der Waals surface area contributed by atoms with E-state index >= 15 is 0 Å². The summed E-state index contributed by atoms with van der Waals surface area (Å²) in [5.41, 5.74) is 5.71. The molecule has 0 radical (unpaired) electrons. The third kappa shape index (κ3) is 3.46. The zero-order valence-electron chi connectivity index (χ0n) is 10.9. The Morgan fingerprint density at radius 2 is 2.00 bits per heavy atom. The number of sulfone groups is 1. The van der Waals surface area contributed by atoms with Gasteiger partial charge in [0, 0.05) is 6.20 Å². The van der Waals surface area contributed by atoms with E-state index in [-0.39, 0.29) is 22.8 Å². The third-order valence-corrected chi connectivity index (χ3v) is 4.56. The molecular formula is C13H12N4O3S. The molecular weight excluding hydrogens is 292 g/mol. The lowest BCUT2D eigenvalue weighted by Crippen LogP contribution is -2.14. The van der Waals surface area contributed by atoms with Crippen molar-refractivity contribution in [2.24, 2.45) is 5.73 Å². The van der Waals surface area contributed by atoms with E-state index in [9.17, 15) is 13.2 Å². The van der Waals surface area contributed by atoms with Gasteiger partial charge in [0.1, 0.15) is 0 Å². The first kappa shape index (κ1) is 14.7. The van der Waals surface area contributed by atoms with Crippen LogP contribution in [0.4, 0.5) is 0 Å². The number of aryl methyl sites for hydroxylation is 1. The van der Waals surface area contributed by atoms with Gasteiger partial charge in [0.15, 0.2) is 9.84 Å². The van der Waals surface area contributed by atoms with Gasteiger partial charge in [0.2, 0.25) is 0 Å². The van der Waals surface area contributed by atoms with Crippen molar-refractivity contribution in [1.29, 1.82) is 5.26 Å². The molecule has 0 atom stereocenters. The van der Waals surface area contributed by atoms with Crippen LogP contribution in [0.3, 0.4) is 0 Å². The number of primary amides is 1. The van der Waals surface area contributed by atoms with Gasteiger partial charge in [0.05, 0.1) is 40.6 Å². The molecule has 2 aromatic rings. The van der Waals surface area contributed by atoms with E-state index in [1.165, 1.54) is 41.3 Å². The van der Waals surface area contributed by atoms with Gasteiger partial charge < -0.3 is 5.73 Å². The number of nitrogens with two attached hydrogens (primary N) is 1. The van der Waals surface area contributed by atoms with Crippen LogP contribution in [0.1, 0.15) is 15.9 Å². The number of rotatable bonds is 5. The smallest absolute Gasteiger partial charge is 0.251 e. The zero-order valence-corrected chi connectivity index (χ0v) is 11.7. The molecule has 0 saturated carbocycles. The van der Waals surface area contributed by atoms with Crippen LogP contribution in [0.15, 0.2) is 41.6 Å². The Morgan fingerprint density at radius 1 is 1.33 bits per heavy atom. The van der Waals surface area contributed by atoms with Gasteiger partial charge in [-0.1, -0.05) is 0 Å². The molecule has 0 fully saturated rings. The average molecular weight is 304 g/mol. The maximum absolute atomic E-state index is 12.1. The molecule has 1 amide bonds. The van der Waals surface area contributed by atoms with Gasteiger partial charge >= 0.3 is 0 Å². The maximum atomic E-state index is 12.1. The number of nitriles is 1. The van der Waals surface area contributed by atoms with Crippen LogP contribution >= 0.6 is 0 Å². The highest BCUT2D eigenvalue weighted by Gasteiger charge is 2.15. The van der Waals surface area contributed by atoms with Crippen molar-refractivity contribution in [3.63, 3.8) is 0 Å². The van der Waals surface area contributed by atoms with Crippen molar-refractivity contribution >= 4 is 15.7 Å². The Labute approximate surface area is 121 Å². The standard InChI is InChI=1S/C13H12N4O3S/c14-7-10-1-3-12(4-2-10)21(19,20)6-5-17-9-11(8-16-17)13(15)18/h1-4,8-9H,5-6H2,(H2,15,18). The van der Waals surface area contributed by atoms with E-state index in [4.69, 9.17) is 11.0 Å². The van der Waals surface area contributed by atoms with E-state index in [0.717, 1.165) is 0 Å². The summed E-state index contributed by atoms with van der Waals surface area (Å²) in [6, 6.07) is 7.61. The second-order valence-corrected chi connectivity index (χ2v) is 6.42. The lowest BCUT2D eigenvalue weighted by Gasteiger charge is -2.04. The average Bonchev–Trinajstić information content (AvgIpc) is 2.94. The predicted molar refractivity (Wildman–Crippen MR) is 74.0 cm³/mol. The number of benzene rings is 1. The summed E-state index contributed by atoms with van der Waals surface area (Å²) >= 11 is 0. The molecule has 2 rings (SSSR count). The fourth-order valence-electron chi connectivity index (χ4n) is 1.68. The van der Waals surface area contributed by atoms with Gasteiger partial charge in [-0.2, -0.15) is 10.4 Å². The van der Waals surface area contributed by atoms with Crippen molar-refractivity contribution < 1.29 is 13.2 Å². The fraction of sp³-hybridized carbons (Fsp3) is 0.154. The third-order valence-electron chi connectivity index (χ3n) is 2.85. The summed E-state index contributed by atoms with van der Waals surface area (Å²) in [6.45, 7) is 0.107. The molecule has 0 unspecified atom stereocenters. The van der Waals surface area contributed by atoms with Crippen molar-refractivity contribution in [2.75, 3.05) is 5.75 Å². The number of amides is 1. The lowest BCUT2D eigenvalue weighted by molar-refractivity contribution is 0.1000. The summed E-state index contributed by atoms with van der Waals surface area (Å²) in [5, 5.41) is 12.6. The Balaban J connectivity index is 2.09. The SMILES string of the molecule is N#Cc1ccc(S(=O)(=O)CCn2cc(C(N)=O)cn2)cc1. The van der Waals surface area contributed by atoms with Crippen molar-refractivity contribution in [3.05, 3.63) is 47.8 Å². The van der Waals surface area contributed by atoms with E-state index in [1.807, 2.05) is 6.07 Å². The Kier molecular flexibility index (Phi) is 4.05. The van der Waals surface area contributed by atoms with Gasteiger partial charge in [-0.15, -0.1) is 0 Å². The van der Waals surface area contributed by atoms with Crippen molar-refractivity contribution in [2.45, 2.75) is 11.4 Å². The number of carbonyl (C=O) groups excluding carboxylic acids is 1. The molecule has 21 heavy (non-hydrogen) atoms. The van der Waals surface area contributed by atoms with E-state index in [1.54, 1.807) is 0 Å². The van der Waals surface area contributed by atoms with Gasteiger partial charge in [-0.3, -0.25) is 9.48 Å². The van der Waals surface area contributed by atoms with Crippen molar-refractivity contribution in [3.8, 4) is 6.07 Å². The highest BCUT2D eigenvalue weighted by atomic mass is 32.2. The van der Waals surface area contributed by atoms with Crippen LogP contribution in [-0.2, 0) is 16.4 Å². The maximum Gasteiger partial charge on any atom is 0.251 e. The van der Waals surface area contributed by atoms with Gasteiger partial charge in [0.25, 0.3) is 5.91 Å². The normalized spacial score (nSPS) is 11.0. The highest BCUT2D eigenvalue weighted by Crippen LogP contribution is 2.12. The number of hydrogen-bond donors (Lipinski definition) is 1. The molecule has 7 nitrogen and oxygen atoms in total. The monoisotopic (exact) mass is 304 g/mol. The van der Waals surface area contributed by atoms with Gasteiger partial charge in [-0.05, 0) is 24.3 Å². The van der Waals surface area contributed by atoms with Crippen LogP contribution in [-0.4, -0.2) is 29.9 Å². The zero-order chi connectivity index (χ0) is 15.5. The molecule has 0 saturated heterocycles. The minimum absolute atomic E-state index is 0.107. The highest BCUT2D eigenvalue weighted by molar-refractivity contribution is 7.91. The van der Waals surface area contributed by atoms with Gasteiger partial charge in [-0.25, -0.2) is 8.42 Å². The topological polar surface area (TPSA) is 119 Å². The molecule has 1 aromatic carbocycles. The number of nitrogens with zero attached hydrogens (tertiary/aromatic N) is 3. The molecule has 1 aromatic heterocycles. The first-order valence-corrected chi connectivity index (χ1v) is 7.63. The molecule has 2 N–H and O–H groups in total. The lowest BCUT2D eigenvalue weighted by atomic mass is 10.2.